The highest BCUT2D eigenvalue weighted by Gasteiger charge is 2.27. The fourth-order valence-corrected chi connectivity index (χ4v) is 2.78. The first-order valence-corrected chi connectivity index (χ1v) is 7.24. The second-order valence-corrected chi connectivity index (χ2v) is 5.30. The van der Waals surface area contributed by atoms with E-state index >= 15 is 0 Å². The van der Waals surface area contributed by atoms with E-state index in [4.69, 9.17) is 10.5 Å². The molecule has 19 heavy (non-hydrogen) atoms. The summed E-state index contributed by atoms with van der Waals surface area (Å²) in [6.45, 7) is 2.67. The van der Waals surface area contributed by atoms with E-state index in [1.165, 1.54) is 19.3 Å². The van der Waals surface area contributed by atoms with Crippen molar-refractivity contribution in [3.63, 3.8) is 0 Å². The first-order chi connectivity index (χ1) is 9.24. The average Bonchev–Trinajstić information content (AvgIpc) is 2.48. The molecule has 104 valence electrons. The maximum atomic E-state index is 12.1. The lowest BCUT2D eigenvalue weighted by molar-refractivity contribution is 0.000710. The molecule has 2 atom stereocenters. The molecule has 0 radical (unpaired) electrons. The Morgan fingerprint density at radius 3 is 2.58 bits per heavy atom. The zero-order chi connectivity index (χ0) is 13.7. The molecule has 0 spiro atoms. The molecular weight excluding hydrogens is 238 g/mol. The normalized spacial score (nSPS) is 23.1. The monoisotopic (exact) mass is 261 g/mol. The van der Waals surface area contributed by atoms with E-state index in [9.17, 15) is 4.79 Å². The Kier molecular flexibility index (Phi) is 4.97. The first kappa shape index (κ1) is 14.1. The van der Waals surface area contributed by atoms with Gasteiger partial charge in [0.25, 0.3) is 0 Å². The van der Waals surface area contributed by atoms with Crippen molar-refractivity contribution in [2.24, 2.45) is 11.7 Å². The van der Waals surface area contributed by atoms with Crippen molar-refractivity contribution in [1.82, 2.24) is 0 Å². The van der Waals surface area contributed by atoms with E-state index in [1.54, 1.807) is 12.1 Å². The lowest BCUT2D eigenvalue weighted by atomic mass is 9.85. The lowest BCUT2D eigenvalue weighted by Gasteiger charge is -2.30. The summed E-state index contributed by atoms with van der Waals surface area (Å²) in [5.41, 5.74) is 7.20. The fourth-order valence-electron chi connectivity index (χ4n) is 2.78. The molecule has 1 fully saturated rings. The van der Waals surface area contributed by atoms with Gasteiger partial charge in [0.2, 0.25) is 0 Å². The Bertz CT molecular complexity index is 413. The maximum absolute atomic E-state index is 12.1. The molecule has 1 aromatic rings. The van der Waals surface area contributed by atoms with Gasteiger partial charge in [-0.1, -0.05) is 25.5 Å². The second-order valence-electron chi connectivity index (χ2n) is 5.30. The largest absolute Gasteiger partial charge is 0.458 e. The number of carbonyl (C=O) groups is 1. The summed E-state index contributed by atoms with van der Waals surface area (Å²) in [7, 11) is 0. The summed E-state index contributed by atoms with van der Waals surface area (Å²) >= 11 is 0. The fraction of sp³-hybridized carbons (Fsp3) is 0.562. The minimum Gasteiger partial charge on any atom is -0.458 e. The molecule has 1 aliphatic carbocycles. The summed E-state index contributed by atoms with van der Waals surface area (Å²) in [5, 5.41) is 0. The topological polar surface area (TPSA) is 52.3 Å². The van der Waals surface area contributed by atoms with E-state index in [0.717, 1.165) is 18.4 Å². The molecule has 1 saturated carbocycles. The Hall–Kier alpha value is -1.35. The van der Waals surface area contributed by atoms with Gasteiger partial charge in [0.15, 0.2) is 0 Å². The highest BCUT2D eigenvalue weighted by Crippen LogP contribution is 2.29. The number of hydrogen-bond donors (Lipinski definition) is 1. The number of rotatable bonds is 4. The number of nitrogens with two attached hydrogens (primary N) is 1. The maximum Gasteiger partial charge on any atom is 0.338 e. The van der Waals surface area contributed by atoms with Gasteiger partial charge < -0.3 is 10.5 Å². The van der Waals surface area contributed by atoms with Gasteiger partial charge in [0.1, 0.15) is 6.10 Å². The Labute approximate surface area is 115 Å². The Morgan fingerprint density at radius 1 is 1.26 bits per heavy atom. The second kappa shape index (κ2) is 6.71. The zero-order valence-corrected chi connectivity index (χ0v) is 11.6. The summed E-state index contributed by atoms with van der Waals surface area (Å²) in [6.07, 6.45) is 5.80. The quantitative estimate of drug-likeness (QED) is 0.846. The van der Waals surface area contributed by atoms with Crippen molar-refractivity contribution in [1.29, 1.82) is 0 Å². The van der Waals surface area contributed by atoms with E-state index in [2.05, 4.69) is 6.92 Å². The van der Waals surface area contributed by atoms with Crippen LogP contribution in [0.1, 0.15) is 54.9 Å². The molecule has 1 aromatic carbocycles. The highest BCUT2D eigenvalue weighted by atomic mass is 16.5. The number of benzene rings is 1. The van der Waals surface area contributed by atoms with E-state index < -0.39 is 0 Å². The molecule has 3 heteroatoms. The van der Waals surface area contributed by atoms with Crippen LogP contribution in [0.5, 0.6) is 0 Å². The number of carbonyl (C=O) groups excluding carboxylic acids is 1. The number of esters is 1. The Morgan fingerprint density at radius 2 is 1.95 bits per heavy atom. The minimum absolute atomic E-state index is 0.0976. The molecule has 0 bridgehead atoms. The van der Waals surface area contributed by atoms with Gasteiger partial charge in [-0.15, -0.1) is 0 Å². The molecule has 0 heterocycles. The number of ether oxygens (including phenoxy) is 1. The van der Waals surface area contributed by atoms with Crippen molar-refractivity contribution in [2.45, 2.75) is 51.7 Å². The molecule has 3 nitrogen and oxygen atoms in total. The van der Waals surface area contributed by atoms with Crippen LogP contribution in [0.15, 0.2) is 24.3 Å². The van der Waals surface area contributed by atoms with Crippen LogP contribution < -0.4 is 5.73 Å². The van der Waals surface area contributed by atoms with Crippen molar-refractivity contribution < 1.29 is 9.53 Å². The van der Waals surface area contributed by atoms with Gasteiger partial charge in [-0.3, -0.25) is 0 Å². The van der Waals surface area contributed by atoms with Crippen molar-refractivity contribution in [2.75, 3.05) is 0 Å². The highest BCUT2D eigenvalue weighted by molar-refractivity contribution is 5.89. The molecule has 0 aromatic heterocycles. The van der Waals surface area contributed by atoms with Crippen molar-refractivity contribution in [3.05, 3.63) is 35.4 Å². The van der Waals surface area contributed by atoms with Crippen molar-refractivity contribution in [3.8, 4) is 0 Å². The van der Waals surface area contributed by atoms with Gasteiger partial charge >= 0.3 is 5.97 Å². The van der Waals surface area contributed by atoms with Crippen LogP contribution in [0.4, 0.5) is 0 Å². The molecule has 0 amide bonds. The minimum atomic E-state index is -0.200. The van der Waals surface area contributed by atoms with Gasteiger partial charge in [-0.05, 0) is 49.3 Å². The third kappa shape index (κ3) is 3.57. The van der Waals surface area contributed by atoms with E-state index in [0.29, 0.717) is 18.0 Å². The summed E-state index contributed by atoms with van der Waals surface area (Å²) in [5.74, 6) is 0.329. The SMILES string of the molecule is CCC1CCCCC1OC(=O)c1ccc(CN)cc1. The van der Waals surface area contributed by atoms with Crippen LogP contribution in [-0.4, -0.2) is 12.1 Å². The van der Waals surface area contributed by atoms with Gasteiger partial charge in [0, 0.05) is 6.54 Å². The van der Waals surface area contributed by atoms with Crippen LogP contribution in [0.25, 0.3) is 0 Å². The van der Waals surface area contributed by atoms with E-state index in [-0.39, 0.29) is 12.1 Å². The zero-order valence-electron chi connectivity index (χ0n) is 11.6. The van der Waals surface area contributed by atoms with Gasteiger partial charge in [-0.2, -0.15) is 0 Å². The molecular formula is C16H23NO2. The smallest absolute Gasteiger partial charge is 0.338 e. The van der Waals surface area contributed by atoms with Crippen LogP contribution in [0.2, 0.25) is 0 Å². The molecule has 1 aliphatic rings. The molecule has 2 rings (SSSR count). The lowest BCUT2D eigenvalue weighted by Crippen LogP contribution is -2.29. The van der Waals surface area contributed by atoms with Gasteiger partial charge in [0.05, 0.1) is 5.56 Å². The standard InChI is InChI=1S/C16H23NO2/c1-2-13-5-3-4-6-15(13)19-16(18)14-9-7-12(11-17)8-10-14/h7-10,13,15H,2-6,11,17H2,1H3. The third-order valence-corrected chi connectivity index (χ3v) is 4.05. The van der Waals surface area contributed by atoms with Crippen LogP contribution >= 0.6 is 0 Å². The first-order valence-electron chi connectivity index (χ1n) is 7.24. The number of hydrogen-bond acceptors (Lipinski definition) is 3. The molecule has 0 aliphatic heterocycles. The predicted octanol–water partition coefficient (Wildman–Crippen LogP) is 3.27. The van der Waals surface area contributed by atoms with Crippen LogP contribution in [0.3, 0.4) is 0 Å². The van der Waals surface area contributed by atoms with Crippen LogP contribution in [0, 0.1) is 5.92 Å². The summed E-state index contributed by atoms with van der Waals surface area (Å²) in [6, 6.07) is 7.37. The molecule has 0 saturated heterocycles. The molecule has 2 N–H and O–H groups in total. The summed E-state index contributed by atoms with van der Waals surface area (Å²) in [4.78, 5) is 12.1. The average molecular weight is 261 g/mol. The van der Waals surface area contributed by atoms with Crippen LogP contribution in [-0.2, 0) is 11.3 Å². The van der Waals surface area contributed by atoms with Crippen molar-refractivity contribution >= 4 is 5.97 Å². The molecule has 2 unspecified atom stereocenters. The van der Waals surface area contributed by atoms with Gasteiger partial charge in [-0.25, -0.2) is 4.79 Å². The predicted molar refractivity (Wildman–Crippen MR) is 75.8 cm³/mol. The Balaban J connectivity index is 1.98. The summed E-state index contributed by atoms with van der Waals surface area (Å²) < 4.78 is 5.68. The van der Waals surface area contributed by atoms with E-state index in [1.807, 2.05) is 12.1 Å². The third-order valence-electron chi connectivity index (χ3n) is 4.05.